The van der Waals surface area contributed by atoms with Gasteiger partial charge in [-0.05, 0) is 49.6 Å². The van der Waals surface area contributed by atoms with Crippen LogP contribution in [0.4, 0.5) is 5.69 Å². The minimum Gasteiger partial charge on any atom is -0.379 e. The third kappa shape index (κ3) is 5.09. The van der Waals surface area contributed by atoms with Crippen LogP contribution in [0.3, 0.4) is 0 Å². The first-order valence-corrected chi connectivity index (χ1v) is 10.5. The molecule has 1 heterocycles. The van der Waals surface area contributed by atoms with Gasteiger partial charge in [0.05, 0.1) is 4.92 Å². The van der Waals surface area contributed by atoms with Crippen molar-refractivity contribution in [2.45, 2.75) is 31.1 Å². The zero-order chi connectivity index (χ0) is 21.0. The zero-order valence-corrected chi connectivity index (χ0v) is 16.6. The number of hydrazine groups is 1. The van der Waals surface area contributed by atoms with Crippen molar-refractivity contribution >= 4 is 21.7 Å². The number of benzene rings is 2. The van der Waals surface area contributed by atoms with Gasteiger partial charge in [0.1, 0.15) is 10.6 Å². The maximum absolute atomic E-state index is 12.5. The van der Waals surface area contributed by atoms with E-state index in [0.717, 1.165) is 38.4 Å². The molecule has 1 aliphatic heterocycles. The summed E-state index contributed by atoms with van der Waals surface area (Å²) < 4.78 is 30.2. The number of amides is 1. The summed E-state index contributed by atoms with van der Waals surface area (Å²) >= 11 is 0. The molecule has 1 N–H and O–H groups in total. The second kappa shape index (κ2) is 8.58. The molecule has 10 heteroatoms. The lowest BCUT2D eigenvalue weighted by molar-refractivity contribution is -0.385. The van der Waals surface area contributed by atoms with Gasteiger partial charge in [-0.3, -0.25) is 20.3 Å². The largest absolute Gasteiger partial charge is 0.379 e. The zero-order valence-electron chi connectivity index (χ0n) is 15.8. The SMILES string of the molecule is Cc1ccc([N+](=O)[O-])cc1S(=O)(=O)Oc1ccc(C(=O)NN2CCCCC2)cc1. The van der Waals surface area contributed by atoms with E-state index in [1.807, 2.05) is 5.01 Å². The van der Waals surface area contributed by atoms with Gasteiger partial charge in [-0.2, -0.15) is 8.42 Å². The van der Waals surface area contributed by atoms with Crippen LogP contribution in [0.5, 0.6) is 5.75 Å². The van der Waals surface area contributed by atoms with Crippen molar-refractivity contribution < 1.29 is 22.3 Å². The summed E-state index contributed by atoms with van der Waals surface area (Å²) in [5.41, 5.74) is 3.17. The van der Waals surface area contributed by atoms with Gasteiger partial charge in [0.2, 0.25) is 0 Å². The van der Waals surface area contributed by atoms with Gasteiger partial charge in [0, 0.05) is 30.8 Å². The van der Waals surface area contributed by atoms with E-state index in [0.29, 0.717) is 11.1 Å². The van der Waals surface area contributed by atoms with Gasteiger partial charge in [-0.1, -0.05) is 12.5 Å². The van der Waals surface area contributed by atoms with Gasteiger partial charge in [-0.15, -0.1) is 0 Å². The van der Waals surface area contributed by atoms with E-state index >= 15 is 0 Å². The lowest BCUT2D eigenvalue weighted by Crippen LogP contribution is -2.45. The van der Waals surface area contributed by atoms with Crippen molar-refractivity contribution in [3.8, 4) is 5.75 Å². The molecule has 0 aromatic heterocycles. The van der Waals surface area contributed by atoms with Crippen LogP contribution < -0.4 is 9.61 Å². The minimum absolute atomic E-state index is 0.00503. The fourth-order valence-electron chi connectivity index (χ4n) is 3.02. The molecule has 2 aromatic rings. The summed E-state index contributed by atoms with van der Waals surface area (Å²) in [5.74, 6) is -0.277. The van der Waals surface area contributed by atoms with E-state index in [4.69, 9.17) is 4.18 Å². The number of non-ortho nitro benzene ring substituents is 1. The summed E-state index contributed by atoms with van der Waals surface area (Å²) in [6, 6.07) is 9.21. The first-order valence-electron chi connectivity index (χ1n) is 9.12. The van der Waals surface area contributed by atoms with E-state index in [2.05, 4.69) is 5.43 Å². The van der Waals surface area contributed by atoms with Gasteiger partial charge in [0.15, 0.2) is 0 Å². The topological polar surface area (TPSA) is 119 Å². The third-order valence-corrected chi connectivity index (χ3v) is 5.98. The van der Waals surface area contributed by atoms with E-state index < -0.39 is 15.0 Å². The van der Waals surface area contributed by atoms with Crippen LogP contribution in [0.25, 0.3) is 0 Å². The Labute approximate surface area is 168 Å². The number of nitrogens with zero attached hydrogens (tertiary/aromatic N) is 2. The molecular formula is C19H21N3O6S. The first-order chi connectivity index (χ1) is 13.8. The Kier molecular flexibility index (Phi) is 6.14. The quantitative estimate of drug-likeness (QED) is 0.434. The Morgan fingerprint density at radius 2 is 1.76 bits per heavy atom. The molecule has 0 radical (unpaired) electrons. The number of piperidine rings is 1. The molecule has 1 saturated heterocycles. The summed E-state index contributed by atoms with van der Waals surface area (Å²) in [6.07, 6.45) is 3.21. The van der Waals surface area contributed by atoms with Crippen molar-refractivity contribution in [2.24, 2.45) is 0 Å². The molecule has 1 aliphatic rings. The van der Waals surface area contributed by atoms with Gasteiger partial charge in [0.25, 0.3) is 11.6 Å². The van der Waals surface area contributed by atoms with Gasteiger partial charge in [-0.25, -0.2) is 5.01 Å². The molecule has 0 aliphatic carbocycles. The first kappa shape index (κ1) is 20.7. The highest BCUT2D eigenvalue weighted by molar-refractivity contribution is 7.87. The number of nitro groups is 1. The Morgan fingerprint density at radius 3 is 2.38 bits per heavy atom. The number of carbonyl (C=O) groups excluding carboxylic acids is 1. The predicted molar refractivity (Wildman–Crippen MR) is 105 cm³/mol. The molecule has 1 amide bonds. The summed E-state index contributed by atoms with van der Waals surface area (Å²) in [5, 5.41) is 12.8. The number of aryl methyl sites for hydroxylation is 1. The fourth-order valence-corrected chi connectivity index (χ4v) is 4.20. The van der Waals surface area contributed by atoms with E-state index in [1.165, 1.54) is 43.3 Å². The van der Waals surface area contributed by atoms with Crippen LogP contribution >= 0.6 is 0 Å². The fraction of sp³-hybridized carbons (Fsp3) is 0.316. The molecule has 154 valence electrons. The van der Waals surface area contributed by atoms with Crippen molar-refractivity contribution in [3.05, 3.63) is 63.7 Å². The molecule has 0 saturated carbocycles. The molecule has 3 rings (SSSR count). The van der Waals surface area contributed by atoms with Crippen LogP contribution in [0.15, 0.2) is 47.4 Å². The minimum atomic E-state index is -4.27. The van der Waals surface area contributed by atoms with E-state index in [-0.39, 0.29) is 22.2 Å². The second-order valence-corrected chi connectivity index (χ2v) is 8.27. The Balaban J connectivity index is 1.72. The molecule has 9 nitrogen and oxygen atoms in total. The van der Waals surface area contributed by atoms with Gasteiger partial charge >= 0.3 is 10.1 Å². The lowest BCUT2D eigenvalue weighted by atomic mass is 10.1. The average molecular weight is 419 g/mol. The predicted octanol–water partition coefficient (Wildman–Crippen LogP) is 2.80. The molecule has 2 aromatic carbocycles. The molecule has 0 spiro atoms. The highest BCUT2D eigenvalue weighted by Gasteiger charge is 2.23. The van der Waals surface area contributed by atoms with Crippen LogP contribution in [-0.2, 0) is 10.1 Å². The van der Waals surface area contributed by atoms with Crippen molar-refractivity contribution in [3.63, 3.8) is 0 Å². The molecule has 1 fully saturated rings. The van der Waals surface area contributed by atoms with Crippen LogP contribution in [0, 0.1) is 17.0 Å². The number of nitro benzene ring substituents is 1. The van der Waals surface area contributed by atoms with Gasteiger partial charge < -0.3 is 4.18 Å². The molecular weight excluding hydrogens is 398 g/mol. The monoisotopic (exact) mass is 419 g/mol. The van der Waals surface area contributed by atoms with Crippen LogP contribution in [0.2, 0.25) is 0 Å². The Hall–Kier alpha value is -2.98. The number of rotatable bonds is 6. The average Bonchev–Trinajstić information content (AvgIpc) is 2.69. The number of hydrogen-bond acceptors (Lipinski definition) is 7. The highest BCUT2D eigenvalue weighted by Crippen LogP contribution is 2.25. The smallest absolute Gasteiger partial charge is 0.339 e. The second-order valence-electron chi connectivity index (χ2n) is 6.76. The van der Waals surface area contributed by atoms with Crippen molar-refractivity contribution in [2.75, 3.05) is 13.1 Å². The Morgan fingerprint density at radius 1 is 1.10 bits per heavy atom. The van der Waals surface area contributed by atoms with E-state index in [1.54, 1.807) is 0 Å². The van der Waals surface area contributed by atoms with E-state index in [9.17, 15) is 23.3 Å². The van der Waals surface area contributed by atoms with Crippen LogP contribution in [-0.4, -0.2) is 37.3 Å². The standard InChI is InChI=1S/C19H21N3O6S/c1-14-5-8-16(22(24)25)13-18(14)29(26,27)28-17-9-6-15(7-10-17)19(23)20-21-11-3-2-4-12-21/h5-10,13H,2-4,11-12H2,1H3,(H,20,23). The molecule has 0 unspecified atom stereocenters. The molecule has 29 heavy (non-hydrogen) atoms. The number of carbonyl (C=O) groups is 1. The number of hydrogen-bond donors (Lipinski definition) is 1. The normalized spacial score (nSPS) is 14.9. The Bertz CT molecular complexity index is 1010. The molecule has 0 atom stereocenters. The molecule has 0 bridgehead atoms. The summed E-state index contributed by atoms with van der Waals surface area (Å²) in [7, 11) is -4.27. The maximum Gasteiger partial charge on any atom is 0.339 e. The summed E-state index contributed by atoms with van der Waals surface area (Å²) in [4.78, 5) is 22.3. The third-order valence-electron chi connectivity index (χ3n) is 4.59. The maximum atomic E-state index is 12.5. The summed E-state index contributed by atoms with van der Waals surface area (Å²) in [6.45, 7) is 3.12. The van der Waals surface area contributed by atoms with Crippen molar-refractivity contribution in [1.82, 2.24) is 10.4 Å². The highest BCUT2D eigenvalue weighted by atomic mass is 32.2. The van der Waals surface area contributed by atoms with Crippen molar-refractivity contribution in [1.29, 1.82) is 0 Å². The number of nitrogens with one attached hydrogen (secondary N) is 1. The van der Waals surface area contributed by atoms with Crippen LogP contribution in [0.1, 0.15) is 35.2 Å². The lowest BCUT2D eigenvalue weighted by Gasteiger charge is -2.26.